The van der Waals surface area contributed by atoms with Gasteiger partial charge in [-0.3, -0.25) is 18.8 Å². The van der Waals surface area contributed by atoms with Crippen LogP contribution in [0.3, 0.4) is 0 Å². The van der Waals surface area contributed by atoms with E-state index in [1.165, 1.54) is 0 Å². The Balaban J connectivity index is 0.000000118. The van der Waals surface area contributed by atoms with Crippen LogP contribution in [0, 0.1) is 6.92 Å². The molecule has 23 heteroatoms. The zero-order valence-electron chi connectivity index (χ0n) is 59.7. The molecule has 3 fully saturated rings. The summed E-state index contributed by atoms with van der Waals surface area (Å²) in [6, 6.07) is 53.2. The summed E-state index contributed by atoms with van der Waals surface area (Å²) in [5, 5.41) is 21.4. The van der Waals surface area contributed by atoms with Crippen LogP contribution >= 0.6 is 0 Å². The van der Waals surface area contributed by atoms with Crippen LogP contribution in [0.5, 0.6) is 0 Å². The van der Waals surface area contributed by atoms with Crippen LogP contribution in [0.25, 0.3) is 72.4 Å². The molecule has 0 aliphatic carbocycles. The summed E-state index contributed by atoms with van der Waals surface area (Å²) in [5.41, 5.74) is 23.0. The number of likely N-dealkylation sites (N-methyl/N-ethyl adjacent to an activating group) is 3. The Morgan fingerprint density at radius 2 is 0.868 bits per heavy atom. The summed E-state index contributed by atoms with van der Waals surface area (Å²) >= 11 is 0. The third-order valence-corrected chi connectivity index (χ3v) is 21.2. The lowest BCUT2D eigenvalue weighted by Crippen LogP contribution is -2.44. The number of amides is 3. The van der Waals surface area contributed by atoms with Crippen LogP contribution in [0.1, 0.15) is 53.5 Å². The molecule has 0 radical (unpaired) electrons. The Morgan fingerprint density at radius 3 is 1.39 bits per heavy atom. The molecule has 3 amide bonds. The average molecular weight is 1410 g/mol. The summed E-state index contributed by atoms with van der Waals surface area (Å²) in [6.45, 7) is 15.8. The van der Waals surface area contributed by atoms with Gasteiger partial charge in [0, 0.05) is 144 Å². The van der Waals surface area contributed by atoms with Gasteiger partial charge in [0.25, 0.3) is 17.7 Å². The molecule has 0 unspecified atom stereocenters. The number of anilines is 9. The number of piperazine rings is 3. The van der Waals surface area contributed by atoms with Crippen LogP contribution < -0.4 is 46.6 Å². The summed E-state index contributed by atoms with van der Waals surface area (Å²) in [5.74, 6) is 1.96. The number of pyridine rings is 5. The van der Waals surface area contributed by atoms with Gasteiger partial charge in [-0.15, -0.1) is 0 Å². The maximum Gasteiger partial charge on any atom is 0.254 e. The topological polar surface area (TPSA) is 243 Å². The highest BCUT2D eigenvalue weighted by Gasteiger charge is 2.32. The molecule has 3 saturated heterocycles. The smallest absolute Gasteiger partial charge is 0.254 e. The van der Waals surface area contributed by atoms with Gasteiger partial charge in [-0.25, -0.2) is 24.9 Å². The minimum atomic E-state index is -0.0720. The first-order chi connectivity index (χ1) is 51.9. The molecule has 19 rings (SSSR count). The molecule has 14 heterocycles. The van der Waals surface area contributed by atoms with E-state index in [2.05, 4.69) is 202 Å². The van der Waals surface area contributed by atoms with Gasteiger partial charge >= 0.3 is 0 Å². The van der Waals surface area contributed by atoms with E-state index in [1.807, 2.05) is 121 Å². The van der Waals surface area contributed by atoms with E-state index in [4.69, 9.17) is 0 Å². The van der Waals surface area contributed by atoms with Crippen LogP contribution in [-0.2, 0) is 19.6 Å². The Morgan fingerprint density at radius 1 is 0.396 bits per heavy atom. The first-order valence-corrected chi connectivity index (χ1v) is 36.3. The summed E-state index contributed by atoms with van der Waals surface area (Å²) in [6.07, 6.45) is 11.4. The van der Waals surface area contributed by atoms with E-state index in [-0.39, 0.29) is 17.7 Å². The van der Waals surface area contributed by atoms with Crippen molar-refractivity contribution in [1.29, 1.82) is 0 Å². The normalized spacial score (nSPS) is 15.8. The molecule has 106 heavy (non-hydrogen) atoms. The average Bonchev–Trinajstić information content (AvgIpc) is 1.58. The third-order valence-electron chi connectivity index (χ3n) is 21.2. The van der Waals surface area contributed by atoms with E-state index in [9.17, 15) is 14.4 Å². The molecular formula is C83H82N20O3. The van der Waals surface area contributed by atoms with Gasteiger partial charge in [-0.05, 0) is 152 Å². The predicted octanol–water partition coefficient (Wildman–Crippen LogP) is 12.4. The standard InChI is InChI=1S/C32H30N6O.C26H27N7O.C25H25N7O/c1-37-15-17-38(18-16-37)22-11-14-28(33-19-22)35-27-13-12-23(25-20-34-32(39)30(25)27)29-24-9-5-6-10-26(24)36-31(29)21-7-3-2-4-8-21;1-16-13-20-19(7-8-27-25(20)30-16)18-4-5-22(24-21(18)15-29-26(24)34)31-23-6-3-17(14-28-23)33-11-9-32(2)10-12-33;1-30-10-12-31(13-11-30)17-5-8-22(26-14-17)29-20-7-6-18(19-15-28-25(33)24(19)20)21-16-27-23-4-2-3-9-32(21)23/h2-14,19,36H,15-18,20H2,1H3,(H,33,35)(H,34,39);3-8,13-14H,9-12,15H2,1-2H3,(H,27,30)(H,28,31)(H,29,34);2-9,14,16H,10-13,15H2,1H3,(H,26,29)(H,28,33). The fourth-order valence-electron chi connectivity index (χ4n) is 15.4. The third kappa shape index (κ3) is 13.2. The fraction of sp³-hybridized carbons (Fsp3) is 0.229. The molecule has 6 aliphatic heterocycles. The molecule has 8 N–H and O–H groups in total. The lowest BCUT2D eigenvalue weighted by atomic mass is 9.92. The van der Waals surface area contributed by atoms with Crippen LogP contribution in [0.4, 0.5) is 51.6 Å². The Bertz CT molecular complexity index is 5460. The number of aromatic nitrogens is 8. The summed E-state index contributed by atoms with van der Waals surface area (Å²) in [7, 11) is 6.46. The second-order valence-corrected chi connectivity index (χ2v) is 28.0. The largest absolute Gasteiger partial charge is 0.368 e. The number of fused-ring (bicyclic) bond motifs is 6. The zero-order valence-corrected chi connectivity index (χ0v) is 59.7. The number of nitrogens with one attached hydrogen (secondary N) is 8. The lowest BCUT2D eigenvalue weighted by molar-refractivity contribution is 0.0958. The molecule has 0 atom stereocenters. The first kappa shape index (κ1) is 66.8. The first-order valence-electron chi connectivity index (χ1n) is 36.3. The van der Waals surface area contributed by atoms with Gasteiger partial charge in [-0.2, -0.15) is 0 Å². The molecule has 0 saturated carbocycles. The Kier molecular flexibility index (Phi) is 18.1. The number of carbonyl (C=O) groups is 3. The summed E-state index contributed by atoms with van der Waals surface area (Å²) < 4.78 is 2.05. The van der Waals surface area contributed by atoms with Crippen molar-refractivity contribution in [2.24, 2.45) is 0 Å². The van der Waals surface area contributed by atoms with Crippen molar-refractivity contribution < 1.29 is 14.4 Å². The number of benzene rings is 5. The number of hydrogen-bond acceptors (Lipinski definition) is 17. The monoisotopic (exact) mass is 1410 g/mol. The van der Waals surface area contributed by atoms with Gasteiger partial charge in [0.15, 0.2) is 0 Å². The SMILES string of the molecule is CN1CCN(c2ccc(Nc3ccc(-c4c(-c5ccccc5)[nH]c5ccccc45)c4c3C(=O)NC4)nc2)CC1.CN1CCN(c2ccc(Nc3ccc(-c4cnc5ccccn45)c4c3C(=O)NC4)nc2)CC1.Cc1cc2c(-c3ccc(Nc4ccc(N5CCN(C)CC5)cn4)c4c3CNC4=O)ccnc2[nH]1. The predicted molar refractivity (Wildman–Crippen MR) is 421 cm³/mol. The molecule has 0 bridgehead atoms. The van der Waals surface area contributed by atoms with E-state index in [1.54, 1.807) is 0 Å². The van der Waals surface area contributed by atoms with E-state index >= 15 is 0 Å². The highest BCUT2D eigenvalue weighted by Crippen LogP contribution is 2.45. The Labute approximate surface area is 613 Å². The lowest BCUT2D eigenvalue weighted by Gasteiger charge is -2.33. The maximum atomic E-state index is 13.1. The Hall–Kier alpha value is -12.4. The quantitative estimate of drug-likeness (QED) is 0.0535. The highest BCUT2D eigenvalue weighted by atomic mass is 16.2. The van der Waals surface area contributed by atoms with E-state index in [0.717, 1.165) is 225 Å². The van der Waals surface area contributed by atoms with Crippen molar-refractivity contribution in [1.82, 2.24) is 69.9 Å². The zero-order chi connectivity index (χ0) is 71.9. The number of nitrogens with zero attached hydrogens (tertiary/aromatic N) is 12. The number of para-hydroxylation sites is 1. The van der Waals surface area contributed by atoms with E-state index in [0.29, 0.717) is 36.3 Å². The van der Waals surface area contributed by atoms with Crippen molar-refractivity contribution in [3.63, 3.8) is 0 Å². The van der Waals surface area contributed by atoms with Crippen LogP contribution in [0.15, 0.2) is 195 Å². The number of H-pyrrole nitrogens is 2. The van der Waals surface area contributed by atoms with Gasteiger partial charge in [0.05, 0.1) is 87.0 Å². The number of carbonyl (C=O) groups excluding carboxylic acids is 3. The number of rotatable bonds is 13. The maximum absolute atomic E-state index is 13.1. The molecule has 23 nitrogen and oxygen atoms in total. The van der Waals surface area contributed by atoms with Crippen LogP contribution in [-0.4, -0.2) is 171 Å². The molecule has 532 valence electrons. The van der Waals surface area contributed by atoms with Crippen molar-refractivity contribution in [3.05, 3.63) is 234 Å². The number of hydrogen-bond donors (Lipinski definition) is 8. The molecule has 5 aromatic carbocycles. The molecule has 13 aromatic rings. The molecule has 0 spiro atoms. The van der Waals surface area contributed by atoms with Gasteiger partial charge in [0.2, 0.25) is 0 Å². The highest BCUT2D eigenvalue weighted by molar-refractivity contribution is 6.11. The summed E-state index contributed by atoms with van der Waals surface area (Å²) in [4.78, 5) is 82.6. The van der Waals surface area contributed by atoms with E-state index < -0.39 is 0 Å². The number of aryl methyl sites for hydroxylation is 1. The fourth-order valence-corrected chi connectivity index (χ4v) is 15.4. The van der Waals surface area contributed by atoms with Gasteiger partial charge in [0.1, 0.15) is 28.7 Å². The van der Waals surface area contributed by atoms with Crippen LogP contribution in [0.2, 0.25) is 0 Å². The van der Waals surface area contributed by atoms with Crippen molar-refractivity contribution in [3.8, 4) is 44.8 Å². The molecule has 6 aliphatic rings. The second-order valence-electron chi connectivity index (χ2n) is 28.0. The number of aromatic amines is 2. The minimum absolute atomic E-state index is 0.0653. The molecular weight excluding hydrogens is 1330 g/mol. The van der Waals surface area contributed by atoms with Crippen molar-refractivity contribution in [2.45, 2.75) is 26.6 Å². The van der Waals surface area contributed by atoms with Gasteiger partial charge < -0.3 is 71.3 Å². The van der Waals surface area contributed by atoms with Crippen molar-refractivity contribution in [2.75, 3.05) is 130 Å². The van der Waals surface area contributed by atoms with Gasteiger partial charge in [-0.1, -0.05) is 72.8 Å². The molecule has 8 aromatic heterocycles. The van der Waals surface area contributed by atoms with Crippen molar-refractivity contribution >= 4 is 96.9 Å². The number of imidazole rings is 1. The second kappa shape index (κ2) is 28.7. The minimum Gasteiger partial charge on any atom is -0.368 e.